The molecular weight excluding hydrogens is 507 g/mol. The molecule has 2 aliphatic rings. The Balaban J connectivity index is 1.08. The van der Waals surface area contributed by atoms with Crippen LogP contribution in [0.4, 0.5) is 9.18 Å². The van der Waals surface area contributed by atoms with Gasteiger partial charge in [-0.25, -0.2) is 9.18 Å². The third-order valence-electron chi connectivity index (χ3n) is 8.02. The van der Waals surface area contributed by atoms with Crippen LogP contribution in [0.2, 0.25) is 0 Å². The van der Waals surface area contributed by atoms with Crippen LogP contribution in [-0.4, -0.2) is 52.4 Å². The van der Waals surface area contributed by atoms with E-state index in [2.05, 4.69) is 11.1 Å². The van der Waals surface area contributed by atoms with Gasteiger partial charge in [0.2, 0.25) is 0 Å². The van der Waals surface area contributed by atoms with Crippen molar-refractivity contribution >= 4 is 28.4 Å². The number of fused-ring (bicyclic) bond motifs is 1. The van der Waals surface area contributed by atoms with Gasteiger partial charge in [0.05, 0.1) is 6.54 Å². The van der Waals surface area contributed by atoms with Crippen molar-refractivity contribution in [3.05, 3.63) is 77.6 Å². The maximum atomic E-state index is 14.8. The molecule has 5 rings (SSSR count). The van der Waals surface area contributed by atoms with Gasteiger partial charge in [-0.1, -0.05) is 42.5 Å². The van der Waals surface area contributed by atoms with E-state index in [-0.39, 0.29) is 42.3 Å². The van der Waals surface area contributed by atoms with Crippen LogP contribution in [0, 0.1) is 11.8 Å². The van der Waals surface area contributed by atoms with Crippen molar-refractivity contribution in [2.45, 2.75) is 70.6 Å². The van der Waals surface area contributed by atoms with Crippen LogP contribution in [-0.2, 0) is 16.0 Å². The maximum absolute atomic E-state index is 14.8. The number of alkyl halides is 1. The molecule has 1 aliphatic carbocycles. The Bertz CT molecular complexity index is 1400. The molecule has 1 amide bonds. The van der Waals surface area contributed by atoms with Gasteiger partial charge in [0, 0.05) is 48.6 Å². The summed E-state index contributed by atoms with van der Waals surface area (Å²) in [7, 11) is 0. The summed E-state index contributed by atoms with van der Waals surface area (Å²) in [6.45, 7) is 5.80. The molecule has 6 nitrogen and oxygen atoms in total. The lowest BCUT2D eigenvalue weighted by Crippen LogP contribution is -2.46. The minimum absolute atomic E-state index is 0.00207. The van der Waals surface area contributed by atoms with E-state index in [0.717, 1.165) is 28.3 Å². The Morgan fingerprint density at radius 1 is 1.05 bits per heavy atom. The fourth-order valence-electron chi connectivity index (χ4n) is 5.64. The monoisotopic (exact) mass is 544 g/mol. The Kier molecular flexibility index (Phi) is 8.02. The van der Waals surface area contributed by atoms with Gasteiger partial charge >= 0.3 is 6.09 Å². The van der Waals surface area contributed by atoms with Crippen LogP contribution in [0.5, 0.6) is 0 Å². The number of Topliss-reactive ketones (excluding diaryl/α,β-unsaturated/α-hetero) is 2. The zero-order valence-electron chi connectivity index (χ0n) is 23.4. The number of hydrogen-bond donors (Lipinski definition) is 0. The molecule has 1 saturated heterocycles. The topological polar surface area (TPSA) is 76.6 Å². The first kappa shape index (κ1) is 27.9. The van der Waals surface area contributed by atoms with Gasteiger partial charge in [-0.3, -0.25) is 14.6 Å². The lowest BCUT2D eigenvalue weighted by atomic mass is 9.89. The summed E-state index contributed by atoms with van der Waals surface area (Å²) >= 11 is 0. The van der Waals surface area contributed by atoms with Crippen molar-refractivity contribution < 1.29 is 23.5 Å². The average molecular weight is 545 g/mol. The minimum atomic E-state index is -1.17. The predicted molar refractivity (Wildman–Crippen MR) is 152 cm³/mol. The highest BCUT2D eigenvalue weighted by atomic mass is 19.1. The number of aromatic nitrogens is 1. The zero-order chi connectivity index (χ0) is 28.4. The number of piperidine rings is 1. The van der Waals surface area contributed by atoms with E-state index < -0.39 is 17.9 Å². The van der Waals surface area contributed by atoms with E-state index in [1.165, 1.54) is 4.90 Å². The molecule has 1 saturated carbocycles. The first-order valence-corrected chi connectivity index (χ1v) is 14.2. The summed E-state index contributed by atoms with van der Waals surface area (Å²) in [6, 6.07) is 15.6. The second kappa shape index (κ2) is 11.5. The van der Waals surface area contributed by atoms with Gasteiger partial charge in [0.15, 0.2) is 5.78 Å². The van der Waals surface area contributed by atoms with Crippen molar-refractivity contribution in [3.8, 4) is 0 Å². The van der Waals surface area contributed by atoms with Crippen LogP contribution in [0.15, 0.2) is 60.9 Å². The second-order valence-electron chi connectivity index (χ2n) is 12.2. The van der Waals surface area contributed by atoms with Crippen LogP contribution >= 0.6 is 0 Å². The highest BCUT2D eigenvalue weighted by molar-refractivity contribution is 5.96. The second-order valence-corrected chi connectivity index (χ2v) is 12.2. The molecule has 4 atom stereocenters. The van der Waals surface area contributed by atoms with Crippen molar-refractivity contribution in [1.29, 1.82) is 0 Å². The molecule has 1 aromatic heterocycles. The molecule has 2 heterocycles. The first-order valence-electron chi connectivity index (χ1n) is 14.2. The number of hydrogen-bond acceptors (Lipinski definition) is 5. The molecule has 40 heavy (non-hydrogen) atoms. The molecule has 7 heteroatoms. The van der Waals surface area contributed by atoms with Crippen molar-refractivity contribution in [3.63, 3.8) is 0 Å². The van der Waals surface area contributed by atoms with Gasteiger partial charge in [-0.2, -0.15) is 0 Å². The molecule has 3 aromatic rings. The molecule has 210 valence electrons. The number of ketones is 2. The number of carbonyl (C=O) groups is 3. The van der Waals surface area contributed by atoms with Gasteiger partial charge in [0.1, 0.15) is 17.6 Å². The quantitative estimate of drug-likeness (QED) is 0.295. The van der Waals surface area contributed by atoms with Crippen molar-refractivity contribution in [1.82, 2.24) is 9.88 Å². The van der Waals surface area contributed by atoms with E-state index in [9.17, 15) is 18.8 Å². The molecule has 1 aliphatic heterocycles. The molecule has 0 N–H and O–H groups in total. The fourth-order valence-corrected chi connectivity index (χ4v) is 5.64. The third-order valence-corrected chi connectivity index (χ3v) is 8.02. The summed E-state index contributed by atoms with van der Waals surface area (Å²) in [5.74, 6) is 0.200. The Morgan fingerprint density at radius 2 is 1.82 bits per heavy atom. The molecule has 2 aromatic carbocycles. The fraction of sp³-hybridized carbons (Fsp3) is 0.455. The van der Waals surface area contributed by atoms with E-state index in [1.807, 2.05) is 48.7 Å². The van der Waals surface area contributed by atoms with E-state index in [1.54, 1.807) is 27.0 Å². The normalized spacial score (nSPS) is 22.6. The first-order chi connectivity index (χ1) is 19.1. The van der Waals surface area contributed by atoms with E-state index in [4.69, 9.17) is 4.74 Å². The largest absolute Gasteiger partial charge is 0.444 e. The summed E-state index contributed by atoms with van der Waals surface area (Å²) in [5, 5.41) is 2.15. The van der Waals surface area contributed by atoms with Crippen molar-refractivity contribution in [2.24, 2.45) is 11.8 Å². The number of rotatable bonds is 8. The summed E-state index contributed by atoms with van der Waals surface area (Å²) in [4.78, 5) is 43.5. The number of carbonyl (C=O) groups excluding carboxylic acids is 3. The van der Waals surface area contributed by atoms with Crippen LogP contribution in [0.1, 0.15) is 73.9 Å². The zero-order valence-corrected chi connectivity index (χ0v) is 23.4. The average Bonchev–Trinajstić information content (AvgIpc) is 3.73. The summed E-state index contributed by atoms with van der Waals surface area (Å²) in [5.41, 5.74) is 2.09. The molecule has 2 fully saturated rings. The number of halogens is 1. The molecule has 0 spiro atoms. The van der Waals surface area contributed by atoms with Gasteiger partial charge in [-0.05, 0) is 74.4 Å². The number of ether oxygens (including phenoxy) is 1. The SMILES string of the molecule is CC(C)(C)OC(=O)N1CCC(CCC(=O)c2ccc([C@@H]3C[C@H]3C(=O)Cc3ccc4cnccc4c3)cc2)C(F)C1. The minimum Gasteiger partial charge on any atom is -0.444 e. The summed E-state index contributed by atoms with van der Waals surface area (Å²) in [6.07, 6.45) is 4.41. The third kappa shape index (κ3) is 6.75. The Morgan fingerprint density at radius 3 is 2.55 bits per heavy atom. The Labute approximate surface area is 234 Å². The molecular formula is C33H37FN2O4. The van der Waals surface area contributed by atoms with Gasteiger partial charge < -0.3 is 9.64 Å². The number of likely N-dealkylation sites (tertiary alicyclic amines) is 1. The van der Waals surface area contributed by atoms with Gasteiger partial charge in [-0.15, -0.1) is 0 Å². The maximum Gasteiger partial charge on any atom is 0.410 e. The number of amides is 1. The molecule has 0 radical (unpaired) electrons. The lowest BCUT2D eigenvalue weighted by Gasteiger charge is -2.35. The van der Waals surface area contributed by atoms with Crippen LogP contribution in [0.3, 0.4) is 0 Å². The molecule has 0 bridgehead atoms. The van der Waals surface area contributed by atoms with E-state index >= 15 is 0 Å². The van der Waals surface area contributed by atoms with E-state index in [0.29, 0.717) is 31.4 Å². The van der Waals surface area contributed by atoms with Crippen LogP contribution < -0.4 is 0 Å². The number of pyridine rings is 1. The predicted octanol–water partition coefficient (Wildman–Crippen LogP) is 6.71. The summed E-state index contributed by atoms with van der Waals surface area (Å²) < 4.78 is 20.2. The van der Waals surface area contributed by atoms with Crippen LogP contribution in [0.25, 0.3) is 10.8 Å². The standard InChI is InChI=1S/C33H37FN2O4/c1-33(2,3)40-32(39)36-15-13-23(29(34)20-36)10-11-30(37)24-8-6-22(7-9-24)27-18-28(27)31(38)17-21-4-5-26-19-35-14-12-25(26)16-21/h4-9,12,14,16,19,23,27-29H,10-11,13,15,17-18,20H2,1-3H3/t23?,27-,28+,29?/m0/s1. The smallest absolute Gasteiger partial charge is 0.410 e. The molecule has 2 unspecified atom stereocenters. The van der Waals surface area contributed by atoms with Gasteiger partial charge in [0.25, 0.3) is 0 Å². The number of benzene rings is 2. The Hall–Kier alpha value is -3.61. The van der Waals surface area contributed by atoms with Crippen molar-refractivity contribution in [2.75, 3.05) is 13.1 Å². The highest BCUT2D eigenvalue weighted by Crippen LogP contribution is 2.48. The highest BCUT2D eigenvalue weighted by Gasteiger charge is 2.43. The lowest BCUT2D eigenvalue weighted by molar-refractivity contribution is -0.119. The number of nitrogens with zero attached hydrogens (tertiary/aromatic N) is 2.